The maximum atomic E-state index is 5.54. The summed E-state index contributed by atoms with van der Waals surface area (Å²) in [6, 6.07) is 2.05. The quantitative estimate of drug-likeness (QED) is 0.870. The minimum atomic E-state index is 0.358. The highest BCUT2D eigenvalue weighted by Crippen LogP contribution is 2.20. The third-order valence-electron chi connectivity index (χ3n) is 3.00. The Balaban J connectivity index is 2.41. The zero-order chi connectivity index (χ0) is 12.4. The van der Waals surface area contributed by atoms with Gasteiger partial charge in [0.2, 0.25) is 0 Å². The molecule has 0 spiro atoms. The van der Waals surface area contributed by atoms with Gasteiger partial charge in [-0.25, -0.2) is 4.98 Å². The molecule has 92 valence electrons. The second-order valence-corrected chi connectivity index (χ2v) is 4.56. The third-order valence-corrected chi connectivity index (χ3v) is 3.00. The lowest BCUT2D eigenvalue weighted by molar-refractivity contribution is 0.601. The number of aromatic nitrogens is 4. The van der Waals surface area contributed by atoms with Crippen LogP contribution in [0, 0.1) is 13.8 Å². The number of fused-ring (bicyclic) bond motifs is 1. The van der Waals surface area contributed by atoms with Crippen LogP contribution >= 0.6 is 0 Å². The van der Waals surface area contributed by atoms with Crippen molar-refractivity contribution in [2.75, 3.05) is 6.54 Å². The van der Waals surface area contributed by atoms with Crippen molar-refractivity contribution in [3.63, 3.8) is 0 Å². The number of hydrogen-bond donors (Lipinski definition) is 1. The molecule has 0 aliphatic carbocycles. The van der Waals surface area contributed by atoms with Crippen molar-refractivity contribution in [3.05, 3.63) is 23.3 Å². The van der Waals surface area contributed by atoms with Crippen LogP contribution in [-0.4, -0.2) is 26.1 Å². The van der Waals surface area contributed by atoms with Gasteiger partial charge in [0, 0.05) is 17.3 Å². The van der Waals surface area contributed by atoms with Crippen LogP contribution in [0.4, 0.5) is 0 Å². The second-order valence-electron chi connectivity index (χ2n) is 4.56. The van der Waals surface area contributed by atoms with Crippen molar-refractivity contribution in [1.82, 2.24) is 19.6 Å². The Kier molecular flexibility index (Phi) is 3.38. The third kappa shape index (κ3) is 2.29. The van der Waals surface area contributed by atoms with Crippen molar-refractivity contribution in [1.29, 1.82) is 0 Å². The van der Waals surface area contributed by atoms with Crippen LogP contribution in [0.1, 0.15) is 42.9 Å². The van der Waals surface area contributed by atoms with Crippen molar-refractivity contribution in [2.24, 2.45) is 5.73 Å². The number of aryl methyl sites for hydroxylation is 2. The first-order valence-electron chi connectivity index (χ1n) is 6.03. The van der Waals surface area contributed by atoms with E-state index in [1.54, 1.807) is 0 Å². The van der Waals surface area contributed by atoms with Gasteiger partial charge >= 0.3 is 0 Å². The first-order chi connectivity index (χ1) is 8.13. The molecule has 2 aromatic heterocycles. The van der Waals surface area contributed by atoms with Crippen LogP contribution < -0.4 is 5.73 Å². The molecule has 0 saturated heterocycles. The molecule has 0 bridgehead atoms. The van der Waals surface area contributed by atoms with E-state index in [0.717, 1.165) is 36.6 Å². The predicted molar refractivity (Wildman–Crippen MR) is 67.0 cm³/mol. The molecule has 17 heavy (non-hydrogen) atoms. The largest absolute Gasteiger partial charge is 0.330 e. The molecule has 1 unspecified atom stereocenters. The normalized spacial score (nSPS) is 13.2. The molecule has 2 N–H and O–H groups in total. The fourth-order valence-electron chi connectivity index (χ4n) is 2.13. The molecular formula is C12H19N5. The van der Waals surface area contributed by atoms with Gasteiger partial charge in [0.15, 0.2) is 0 Å². The molecule has 0 aliphatic rings. The van der Waals surface area contributed by atoms with Crippen molar-refractivity contribution in [3.8, 4) is 0 Å². The monoisotopic (exact) mass is 233 g/mol. The molecule has 0 saturated carbocycles. The molecule has 2 aromatic rings. The predicted octanol–water partition coefficient (Wildman–Crippen LogP) is 1.58. The highest BCUT2D eigenvalue weighted by atomic mass is 15.3. The lowest BCUT2D eigenvalue weighted by atomic mass is 10.1. The minimum absolute atomic E-state index is 0.358. The van der Waals surface area contributed by atoms with Gasteiger partial charge in [-0.2, -0.15) is 0 Å². The van der Waals surface area contributed by atoms with Gasteiger partial charge in [-0.3, -0.25) is 4.40 Å². The Morgan fingerprint density at radius 1 is 1.35 bits per heavy atom. The smallest absolute Gasteiger partial charge is 0.255 e. The van der Waals surface area contributed by atoms with E-state index in [4.69, 9.17) is 5.73 Å². The topological polar surface area (TPSA) is 69.1 Å². The van der Waals surface area contributed by atoms with Gasteiger partial charge in [0.25, 0.3) is 5.78 Å². The first kappa shape index (κ1) is 12.0. The van der Waals surface area contributed by atoms with Crippen molar-refractivity contribution >= 4 is 5.78 Å². The van der Waals surface area contributed by atoms with Gasteiger partial charge in [-0.15, -0.1) is 10.2 Å². The Bertz CT molecular complexity index is 517. The highest BCUT2D eigenvalue weighted by molar-refractivity contribution is 5.33. The lowest BCUT2D eigenvalue weighted by Gasteiger charge is -2.10. The molecule has 0 aliphatic heterocycles. The summed E-state index contributed by atoms with van der Waals surface area (Å²) in [5, 5.41) is 8.40. The van der Waals surface area contributed by atoms with Gasteiger partial charge in [-0.05, 0) is 39.3 Å². The molecule has 0 amide bonds. The molecule has 5 heteroatoms. The van der Waals surface area contributed by atoms with Crippen LogP contribution in [0.2, 0.25) is 0 Å². The summed E-state index contributed by atoms with van der Waals surface area (Å²) in [7, 11) is 0. The summed E-state index contributed by atoms with van der Waals surface area (Å²) >= 11 is 0. The molecule has 2 heterocycles. The fourth-order valence-corrected chi connectivity index (χ4v) is 2.13. The van der Waals surface area contributed by atoms with Crippen LogP contribution in [0.15, 0.2) is 6.07 Å². The molecule has 2 rings (SSSR count). The van der Waals surface area contributed by atoms with Gasteiger partial charge in [-0.1, -0.05) is 6.92 Å². The van der Waals surface area contributed by atoms with E-state index in [1.807, 2.05) is 11.3 Å². The number of nitrogens with zero attached hydrogens (tertiary/aromatic N) is 4. The number of nitrogens with two attached hydrogens (primary N) is 1. The number of rotatable bonds is 4. The molecule has 0 aromatic carbocycles. The van der Waals surface area contributed by atoms with Crippen molar-refractivity contribution in [2.45, 2.75) is 39.5 Å². The number of hydrogen-bond acceptors (Lipinski definition) is 4. The van der Waals surface area contributed by atoms with E-state index in [2.05, 4.69) is 35.1 Å². The van der Waals surface area contributed by atoms with E-state index in [0.29, 0.717) is 11.7 Å². The molecule has 0 radical (unpaired) electrons. The molecular weight excluding hydrogens is 214 g/mol. The maximum absolute atomic E-state index is 5.54. The Labute approximate surface area is 101 Å². The maximum Gasteiger partial charge on any atom is 0.255 e. The lowest BCUT2D eigenvalue weighted by Crippen LogP contribution is -2.07. The summed E-state index contributed by atoms with van der Waals surface area (Å²) in [4.78, 5) is 4.38. The van der Waals surface area contributed by atoms with E-state index >= 15 is 0 Å². The van der Waals surface area contributed by atoms with E-state index in [-0.39, 0.29) is 0 Å². The molecule has 1 atom stereocenters. The molecule has 0 fully saturated rings. The van der Waals surface area contributed by atoms with E-state index < -0.39 is 0 Å². The summed E-state index contributed by atoms with van der Waals surface area (Å²) in [6.45, 7) is 6.91. The summed E-state index contributed by atoms with van der Waals surface area (Å²) in [5.74, 6) is 2.03. The average molecular weight is 233 g/mol. The van der Waals surface area contributed by atoms with Gasteiger partial charge in [0.1, 0.15) is 5.82 Å². The SMILES string of the molecule is Cc1cc(C)n2c(C(C)CCCN)nnc2n1. The summed E-state index contributed by atoms with van der Waals surface area (Å²) in [5.41, 5.74) is 7.64. The standard InChI is InChI=1S/C12H19N5/c1-8(5-4-6-13)11-15-16-12-14-9(2)7-10(3)17(11)12/h7-8H,4-6,13H2,1-3H3. The highest BCUT2D eigenvalue weighted by Gasteiger charge is 2.15. The van der Waals surface area contributed by atoms with Crippen LogP contribution in [0.25, 0.3) is 5.78 Å². The Morgan fingerprint density at radius 3 is 2.82 bits per heavy atom. The van der Waals surface area contributed by atoms with Crippen LogP contribution in [-0.2, 0) is 0 Å². The Hall–Kier alpha value is -1.49. The average Bonchev–Trinajstić information content (AvgIpc) is 2.69. The van der Waals surface area contributed by atoms with Crippen LogP contribution in [0.5, 0.6) is 0 Å². The van der Waals surface area contributed by atoms with Gasteiger partial charge in [0.05, 0.1) is 0 Å². The fraction of sp³-hybridized carbons (Fsp3) is 0.583. The summed E-state index contributed by atoms with van der Waals surface area (Å²) in [6.07, 6.45) is 2.04. The van der Waals surface area contributed by atoms with Crippen molar-refractivity contribution < 1.29 is 0 Å². The Morgan fingerprint density at radius 2 is 2.12 bits per heavy atom. The zero-order valence-electron chi connectivity index (χ0n) is 10.6. The van der Waals surface area contributed by atoms with Crippen LogP contribution in [0.3, 0.4) is 0 Å². The zero-order valence-corrected chi connectivity index (χ0v) is 10.6. The first-order valence-corrected chi connectivity index (χ1v) is 6.03. The minimum Gasteiger partial charge on any atom is -0.330 e. The van der Waals surface area contributed by atoms with E-state index in [1.165, 1.54) is 0 Å². The van der Waals surface area contributed by atoms with E-state index in [9.17, 15) is 0 Å². The molecule has 5 nitrogen and oxygen atoms in total. The van der Waals surface area contributed by atoms with Gasteiger partial charge < -0.3 is 5.73 Å². The second kappa shape index (κ2) is 4.79. The summed E-state index contributed by atoms with van der Waals surface area (Å²) < 4.78 is 2.04.